The van der Waals surface area contributed by atoms with Crippen molar-refractivity contribution < 1.29 is 14.2 Å². The van der Waals surface area contributed by atoms with E-state index in [9.17, 15) is 0 Å². The van der Waals surface area contributed by atoms with Crippen LogP contribution in [0.4, 0.5) is 0 Å². The third kappa shape index (κ3) is 2.07. The topological polar surface area (TPSA) is 27.7 Å². The van der Waals surface area contributed by atoms with Crippen LogP contribution in [0, 0.1) is 5.92 Å². The fourth-order valence-corrected chi connectivity index (χ4v) is 4.26. The summed E-state index contributed by atoms with van der Waals surface area (Å²) in [6, 6.07) is 6.14. The van der Waals surface area contributed by atoms with E-state index in [0.29, 0.717) is 13.2 Å². The summed E-state index contributed by atoms with van der Waals surface area (Å²) in [6.07, 6.45) is 2.64. The van der Waals surface area contributed by atoms with E-state index in [1.807, 2.05) is 12.1 Å². The van der Waals surface area contributed by atoms with Crippen LogP contribution in [0.25, 0.3) is 5.57 Å². The summed E-state index contributed by atoms with van der Waals surface area (Å²) in [5, 5.41) is 0. The van der Waals surface area contributed by atoms with E-state index in [1.54, 1.807) is 0 Å². The van der Waals surface area contributed by atoms with Gasteiger partial charge in [-0.1, -0.05) is 22.5 Å². The summed E-state index contributed by atoms with van der Waals surface area (Å²) in [6.45, 7) is 7.95. The lowest BCUT2D eigenvalue weighted by Crippen LogP contribution is -2.53. The summed E-state index contributed by atoms with van der Waals surface area (Å²) in [5.74, 6) is 0.748. The molecule has 0 amide bonds. The molecule has 1 saturated carbocycles. The molecule has 1 aromatic rings. The molecule has 2 aliphatic heterocycles. The Morgan fingerprint density at radius 3 is 2.76 bits per heavy atom. The molecule has 0 N–H and O–H groups in total. The quantitative estimate of drug-likeness (QED) is 0.703. The maximum Gasteiger partial charge on any atom is 0.169 e. The smallest absolute Gasteiger partial charge is 0.169 e. The SMILES string of the molecule is C=C1c2cc(Br)ccc2O[C@]2(C)CCC3(C[C@H]12)OCCO3. The van der Waals surface area contributed by atoms with Gasteiger partial charge in [-0.15, -0.1) is 0 Å². The molecule has 1 aliphatic carbocycles. The first-order chi connectivity index (χ1) is 10.0. The zero-order chi connectivity index (χ0) is 14.7. The molecule has 3 nitrogen and oxygen atoms in total. The minimum atomic E-state index is -0.417. The Bertz CT molecular complexity index is 606. The van der Waals surface area contributed by atoms with Gasteiger partial charge in [-0.05, 0) is 37.1 Å². The molecule has 4 rings (SSSR count). The first-order valence-electron chi connectivity index (χ1n) is 7.47. The van der Waals surface area contributed by atoms with Crippen LogP contribution in [0.15, 0.2) is 29.3 Å². The normalized spacial score (nSPS) is 33.4. The van der Waals surface area contributed by atoms with Crippen molar-refractivity contribution in [3.05, 3.63) is 34.8 Å². The molecule has 1 saturated heterocycles. The monoisotopic (exact) mass is 350 g/mol. The third-order valence-corrected chi connectivity index (χ3v) is 5.61. The van der Waals surface area contributed by atoms with E-state index in [4.69, 9.17) is 14.2 Å². The van der Waals surface area contributed by atoms with Crippen molar-refractivity contribution in [1.29, 1.82) is 0 Å². The van der Waals surface area contributed by atoms with Crippen LogP contribution in [0.3, 0.4) is 0 Å². The molecular formula is C17H19BrO3. The standard InChI is InChI=1S/C17H19BrO3/c1-11-13-9-12(18)3-4-15(13)21-16(2)5-6-17(10-14(11)16)19-7-8-20-17/h3-4,9,14H,1,5-8,10H2,2H3/t14-,16-/m1/s1. The second kappa shape index (κ2) is 4.58. The van der Waals surface area contributed by atoms with Crippen molar-refractivity contribution in [2.75, 3.05) is 13.2 Å². The highest BCUT2D eigenvalue weighted by molar-refractivity contribution is 9.10. The molecule has 21 heavy (non-hydrogen) atoms. The molecule has 1 aromatic carbocycles. The van der Waals surface area contributed by atoms with Crippen LogP contribution in [0.2, 0.25) is 0 Å². The van der Waals surface area contributed by atoms with Gasteiger partial charge in [0.2, 0.25) is 0 Å². The predicted octanol–water partition coefficient (Wildman–Crippen LogP) is 4.16. The van der Waals surface area contributed by atoms with Crippen LogP contribution in [0.1, 0.15) is 31.7 Å². The number of hydrogen-bond donors (Lipinski definition) is 0. The average molecular weight is 351 g/mol. The second-order valence-corrected chi connectivity index (χ2v) is 7.36. The van der Waals surface area contributed by atoms with E-state index in [0.717, 1.165) is 40.6 Å². The summed E-state index contributed by atoms with van der Waals surface area (Å²) in [4.78, 5) is 0. The summed E-state index contributed by atoms with van der Waals surface area (Å²) in [5.41, 5.74) is 2.03. The van der Waals surface area contributed by atoms with Gasteiger partial charge in [0.1, 0.15) is 11.4 Å². The van der Waals surface area contributed by atoms with Crippen LogP contribution in [0.5, 0.6) is 5.75 Å². The molecule has 0 aromatic heterocycles. The van der Waals surface area contributed by atoms with Crippen LogP contribution in [-0.4, -0.2) is 24.6 Å². The van der Waals surface area contributed by atoms with Gasteiger partial charge in [0.25, 0.3) is 0 Å². The van der Waals surface area contributed by atoms with Gasteiger partial charge in [0.05, 0.1) is 13.2 Å². The van der Waals surface area contributed by atoms with Gasteiger partial charge in [0.15, 0.2) is 5.79 Å². The Kier molecular flexibility index (Phi) is 3.01. The molecule has 3 aliphatic rings. The first-order valence-corrected chi connectivity index (χ1v) is 8.26. The van der Waals surface area contributed by atoms with Gasteiger partial charge in [0, 0.05) is 28.8 Å². The van der Waals surface area contributed by atoms with Crippen molar-refractivity contribution in [3.63, 3.8) is 0 Å². The van der Waals surface area contributed by atoms with Gasteiger partial charge >= 0.3 is 0 Å². The maximum absolute atomic E-state index is 6.36. The van der Waals surface area contributed by atoms with E-state index in [1.165, 1.54) is 0 Å². The fourth-order valence-electron chi connectivity index (χ4n) is 3.90. The minimum absolute atomic E-state index is 0.210. The second-order valence-electron chi connectivity index (χ2n) is 6.44. The van der Waals surface area contributed by atoms with Crippen molar-refractivity contribution in [1.82, 2.24) is 0 Å². The number of hydrogen-bond acceptors (Lipinski definition) is 3. The molecule has 0 bridgehead atoms. The molecule has 0 unspecified atom stereocenters. The number of fused-ring (bicyclic) bond motifs is 2. The van der Waals surface area contributed by atoms with E-state index < -0.39 is 5.79 Å². The summed E-state index contributed by atoms with van der Waals surface area (Å²) in [7, 11) is 0. The summed E-state index contributed by atoms with van der Waals surface area (Å²) < 4.78 is 19.2. The number of rotatable bonds is 0. The van der Waals surface area contributed by atoms with E-state index in [2.05, 4.69) is 35.5 Å². The fraction of sp³-hybridized carbons (Fsp3) is 0.529. The lowest BCUT2D eigenvalue weighted by atomic mass is 9.67. The van der Waals surface area contributed by atoms with Gasteiger partial charge in [-0.25, -0.2) is 0 Å². The third-order valence-electron chi connectivity index (χ3n) is 5.12. The Hall–Kier alpha value is -0.840. The highest BCUT2D eigenvalue weighted by Gasteiger charge is 2.54. The molecule has 4 heteroatoms. The Labute approximate surface area is 133 Å². The zero-order valence-electron chi connectivity index (χ0n) is 12.2. The van der Waals surface area contributed by atoms with Crippen LogP contribution < -0.4 is 4.74 Å². The lowest BCUT2D eigenvalue weighted by molar-refractivity contribution is -0.208. The largest absolute Gasteiger partial charge is 0.486 e. The molecule has 0 radical (unpaired) electrons. The Morgan fingerprint density at radius 1 is 1.24 bits per heavy atom. The van der Waals surface area contributed by atoms with Crippen molar-refractivity contribution >= 4 is 21.5 Å². The Balaban J connectivity index is 1.73. The van der Waals surface area contributed by atoms with E-state index >= 15 is 0 Å². The predicted molar refractivity (Wildman–Crippen MR) is 84.2 cm³/mol. The lowest BCUT2D eigenvalue weighted by Gasteiger charge is -2.50. The first kappa shape index (κ1) is 13.8. The van der Waals surface area contributed by atoms with Gasteiger partial charge in [-0.3, -0.25) is 0 Å². The highest BCUT2D eigenvalue weighted by Crippen LogP contribution is 2.54. The number of benzene rings is 1. The van der Waals surface area contributed by atoms with E-state index in [-0.39, 0.29) is 11.5 Å². The molecule has 2 fully saturated rings. The van der Waals surface area contributed by atoms with Crippen LogP contribution in [-0.2, 0) is 9.47 Å². The zero-order valence-corrected chi connectivity index (χ0v) is 13.7. The van der Waals surface area contributed by atoms with Gasteiger partial charge < -0.3 is 14.2 Å². The molecular weight excluding hydrogens is 332 g/mol. The minimum Gasteiger partial charge on any atom is -0.486 e. The summed E-state index contributed by atoms with van der Waals surface area (Å²) >= 11 is 3.53. The highest BCUT2D eigenvalue weighted by atomic mass is 79.9. The van der Waals surface area contributed by atoms with Crippen LogP contribution >= 0.6 is 15.9 Å². The van der Waals surface area contributed by atoms with Crippen molar-refractivity contribution in [3.8, 4) is 5.75 Å². The average Bonchev–Trinajstić information content (AvgIpc) is 2.91. The maximum atomic E-state index is 6.36. The number of ether oxygens (including phenoxy) is 3. The molecule has 1 spiro atoms. The van der Waals surface area contributed by atoms with Crippen molar-refractivity contribution in [2.45, 2.75) is 37.6 Å². The molecule has 112 valence electrons. The molecule has 2 heterocycles. The van der Waals surface area contributed by atoms with Crippen molar-refractivity contribution in [2.24, 2.45) is 5.92 Å². The Morgan fingerprint density at radius 2 is 2.00 bits per heavy atom. The molecule has 2 atom stereocenters. The number of halogens is 1. The van der Waals surface area contributed by atoms with Gasteiger partial charge in [-0.2, -0.15) is 0 Å².